The van der Waals surface area contributed by atoms with Crippen molar-refractivity contribution in [3.63, 3.8) is 0 Å². The highest BCUT2D eigenvalue weighted by Gasteiger charge is 2.25. The lowest BCUT2D eigenvalue weighted by molar-refractivity contribution is -0.127. The summed E-state index contributed by atoms with van der Waals surface area (Å²) in [5.74, 6) is -0.256. The molecule has 1 aromatic carbocycles. The fourth-order valence-electron chi connectivity index (χ4n) is 3.88. The number of anilines is 2. The molecule has 0 saturated carbocycles. The molecular formula is C20H29FN4O3. The molecule has 8 heteroatoms. The van der Waals surface area contributed by atoms with E-state index in [0.29, 0.717) is 37.4 Å². The summed E-state index contributed by atoms with van der Waals surface area (Å²) in [7, 11) is 0. The second-order valence-corrected chi connectivity index (χ2v) is 7.77. The molecule has 3 amide bonds. The zero-order chi connectivity index (χ0) is 20.3. The van der Waals surface area contributed by atoms with Crippen LogP contribution in [0.4, 0.5) is 20.6 Å². The van der Waals surface area contributed by atoms with E-state index in [4.69, 9.17) is 4.74 Å². The van der Waals surface area contributed by atoms with Gasteiger partial charge in [-0.25, -0.2) is 9.18 Å². The Morgan fingerprint density at radius 3 is 2.64 bits per heavy atom. The maximum absolute atomic E-state index is 14.6. The largest absolute Gasteiger partial charge is 0.372 e. The Balaban J connectivity index is 1.55. The van der Waals surface area contributed by atoms with Crippen molar-refractivity contribution < 1.29 is 18.7 Å². The average Bonchev–Trinajstić information content (AvgIpc) is 2.98. The third-order valence-electron chi connectivity index (χ3n) is 5.01. The van der Waals surface area contributed by atoms with Gasteiger partial charge in [0.2, 0.25) is 5.91 Å². The zero-order valence-electron chi connectivity index (χ0n) is 16.7. The van der Waals surface area contributed by atoms with E-state index in [-0.39, 0.29) is 30.0 Å². The molecule has 0 aliphatic carbocycles. The number of benzene rings is 1. The Kier molecular flexibility index (Phi) is 6.39. The van der Waals surface area contributed by atoms with Gasteiger partial charge in [0.05, 0.1) is 17.9 Å². The fourth-order valence-corrected chi connectivity index (χ4v) is 3.88. The first kappa shape index (κ1) is 20.4. The first-order valence-corrected chi connectivity index (χ1v) is 9.87. The number of urea groups is 1. The van der Waals surface area contributed by atoms with Crippen molar-refractivity contribution in [2.75, 3.05) is 36.4 Å². The predicted molar refractivity (Wildman–Crippen MR) is 106 cm³/mol. The van der Waals surface area contributed by atoms with Crippen LogP contribution < -0.4 is 15.5 Å². The number of halogens is 1. The second kappa shape index (κ2) is 8.77. The molecule has 0 bridgehead atoms. The summed E-state index contributed by atoms with van der Waals surface area (Å²) < 4.78 is 20.3. The van der Waals surface area contributed by atoms with Gasteiger partial charge in [-0.1, -0.05) is 0 Å². The van der Waals surface area contributed by atoms with E-state index >= 15 is 0 Å². The number of hydrogen-bond acceptors (Lipinski definition) is 4. The van der Waals surface area contributed by atoms with Gasteiger partial charge in [-0.3, -0.25) is 4.79 Å². The van der Waals surface area contributed by atoms with E-state index < -0.39 is 6.03 Å². The Labute approximate surface area is 165 Å². The lowest BCUT2D eigenvalue weighted by atomic mass is 10.2. The summed E-state index contributed by atoms with van der Waals surface area (Å²) in [6.07, 6.45) is 1.52. The van der Waals surface area contributed by atoms with Crippen LogP contribution in [-0.2, 0) is 9.53 Å². The van der Waals surface area contributed by atoms with Gasteiger partial charge in [0, 0.05) is 44.3 Å². The Morgan fingerprint density at radius 1 is 1.32 bits per heavy atom. The summed E-state index contributed by atoms with van der Waals surface area (Å²) in [5, 5.41) is 5.45. The monoisotopic (exact) mass is 392 g/mol. The molecule has 2 saturated heterocycles. The molecule has 2 aliphatic heterocycles. The molecule has 2 heterocycles. The van der Waals surface area contributed by atoms with Gasteiger partial charge < -0.3 is 25.2 Å². The van der Waals surface area contributed by atoms with E-state index in [1.54, 1.807) is 17.0 Å². The molecule has 3 atom stereocenters. The van der Waals surface area contributed by atoms with E-state index in [9.17, 15) is 14.0 Å². The lowest BCUT2D eigenvalue weighted by Gasteiger charge is -2.37. The van der Waals surface area contributed by atoms with Gasteiger partial charge in [0.25, 0.3) is 0 Å². The van der Waals surface area contributed by atoms with Crippen LogP contribution in [0.3, 0.4) is 0 Å². The molecule has 3 rings (SSSR count). The normalized spacial score (nSPS) is 23.6. The van der Waals surface area contributed by atoms with Crippen LogP contribution in [0, 0.1) is 5.82 Å². The molecule has 0 radical (unpaired) electrons. The molecule has 0 spiro atoms. The van der Waals surface area contributed by atoms with Gasteiger partial charge >= 0.3 is 6.03 Å². The smallest absolute Gasteiger partial charge is 0.319 e. The molecule has 7 nitrogen and oxygen atoms in total. The fraction of sp³-hybridized carbons (Fsp3) is 0.600. The van der Waals surface area contributed by atoms with Crippen LogP contribution in [-0.4, -0.2) is 61.3 Å². The number of nitrogens with zero attached hydrogens (tertiary/aromatic N) is 2. The number of morpholine rings is 1. The summed E-state index contributed by atoms with van der Waals surface area (Å²) in [5.41, 5.74) is 0.895. The first-order valence-electron chi connectivity index (χ1n) is 9.87. The summed E-state index contributed by atoms with van der Waals surface area (Å²) in [6.45, 7) is 8.25. The third-order valence-corrected chi connectivity index (χ3v) is 5.01. The van der Waals surface area contributed by atoms with Crippen LogP contribution in [0.25, 0.3) is 0 Å². The van der Waals surface area contributed by atoms with Crippen LogP contribution >= 0.6 is 0 Å². The molecular weight excluding hydrogens is 363 g/mol. The van der Waals surface area contributed by atoms with Gasteiger partial charge in [0.1, 0.15) is 5.82 Å². The SMILES string of the molecule is C[C@H](CN1CCCC1=O)NC(=O)Nc1ccc(N2C[C@@H](C)O[C@@H](C)C2)c(F)c1. The van der Waals surface area contributed by atoms with Gasteiger partial charge in [0.15, 0.2) is 0 Å². The van der Waals surface area contributed by atoms with Crippen molar-refractivity contribution in [3.05, 3.63) is 24.0 Å². The standard InChI is InChI=1S/C20H29FN4O3/c1-13(10-24-8-4-5-19(24)26)22-20(27)23-16-6-7-18(17(21)9-16)25-11-14(2)28-15(3)12-25/h6-7,9,13-15H,4-5,8,10-12H2,1-3H3,(H2,22,23,27)/t13-,14-,15+/m1/s1. The van der Waals surface area contributed by atoms with Crippen molar-refractivity contribution in [1.82, 2.24) is 10.2 Å². The topological polar surface area (TPSA) is 73.9 Å². The molecule has 154 valence electrons. The highest BCUT2D eigenvalue weighted by Crippen LogP contribution is 2.26. The minimum atomic E-state index is -0.417. The van der Waals surface area contributed by atoms with Crippen molar-refractivity contribution in [3.8, 4) is 0 Å². The molecule has 0 unspecified atom stereocenters. The molecule has 28 heavy (non-hydrogen) atoms. The number of carbonyl (C=O) groups is 2. The van der Waals surface area contributed by atoms with E-state index in [1.807, 2.05) is 25.7 Å². The van der Waals surface area contributed by atoms with Crippen LogP contribution in [0.15, 0.2) is 18.2 Å². The highest BCUT2D eigenvalue weighted by molar-refractivity contribution is 5.89. The number of carbonyl (C=O) groups excluding carboxylic acids is 2. The van der Waals surface area contributed by atoms with E-state index in [1.165, 1.54) is 6.07 Å². The maximum Gasteiger partial charge on any atom is 0.319 e. The maximum atomic E-state index is 14.6. The van der Waals surface area contributed by atoms with Gasteiger partial charge in [-0.15, -0.1) is 0 Å². The number of hydrogen-bond donors (Lipinski definition) is 2. The van der Waals surface area contributed by atoms with E-state index in [2.05, 4.69) is 10.6 Å². The number of rotatable bonds is 5. The molecule has 2 N–H and O–H groups in total. The molecule has 0 aromatic heterocycles. The molecule has 2 fully saturated rings. The van der Waals surface area contributed by atoms with Crippen LogP contribution in [0.1, 0.15) is 33.6 Å². The van der Waals surface area contributed by atoms with Crippen molar-refractivity contribution in [2.24, 2.45) is 0 Å². The average molecular weight is 392 g/mol. The highest BCUT2D eigenvalue weighted by atomic mass is 19.1. The van der Waals surface area contributed by atoms with E-state index in [0.717, 1.165) is 13.0 Å². The number of likely N-dealkylation sites (tertiary alicyclic amines) is 1. The zero-order valence-corrected chi connectivity index (χ0v) is 16.7. The molecule has 1 aromatic rings. The number of nitrogens with one attached hydrogen (secondary N) is 2. The first-order chi connectivity index (χ1) is 13.3. The van der Waals surface area contributed by atoms with Crippen LogP contribution in [0.2, 0.25) is 0 Å². The summed E-state index contributed by atoms with van der Waals surface area (Å²) in [6, 6.07) is 4.09. The molecule has 2 aliphatic rings. The van der Waals surface area contributed by atoms with Crippen molar-refractivity contribution >= 4 is 23.3 Å². The summed E-state index contributed by atoms with van der Waals surface area (Å²) in [4.78, 5) is 27.6. The number of amides is 3. The van der Waals surface area contributed by atoms with Gasteiger partial charge in [-0.05, 0) is 45.4 Å². The third kappa shape index (κ3) is 5.13. The lowest BCUT2D eigenvalue weighted by Crippen LogP contribution is -2.45. The minimum Gasteiger partial charge on any atom is -0.372 e. The minimum absolute atomic E-state index is 0.0377. The van der Waals surface area contributed by atoms with Gasteiger partial charge in [-0.2, -0.15) is 0 Å². The number of ether oxygens (including phenoxy) is 1. The quantitative estimate of drug-likeness (QED) is 0.808. The summed E-state index contributed by atoms with van der Waals surface area (Å²) >= 11 is 0. The van der Waals surface area contributed by atoms with Crippen molar-refractivity contribution in [2.45, 2.75) is 51.9 Å². The Hall–Kier alpha value is -2.35. The van der Waals surface area contributed by atoms with Crippen LogP contribution in [0.5, 0.6) is 0 Å². The second-order valence-electron chi connectivity index (χ2n) is 7.77. The Morgan fingerprint density at radius 2 is 2.04 bits per heavy atom. The predicted octanol–water partition coefficient (Wildman–Crippen LogP) is 2.57. The van der Waals surface area contributed by atoms with Crippen molar-refractivity contribution in [1.29, 1.82) is 0 Å². The Bertz CT molecular complexity index is 719.